The molecule has 0 saturated heterocycles. The number of carbonyl (C=O) groups is 1. The van der Waals surface area contributed by atoms with Crippen LogP contribution >= 0.6 is 11.6 Å². The second-order valence-electron chi connectivity index (χ2n) is 4.88. The number of sulfonamides is 1. The lowest BCUT2D eigenvalue weighted by Crippen LogP contribution is -2.18. The largest absolute Gasteiger partial charge is 0.454 e. The first kappa shape index (κ1) is 16.6. The summed E-state index contributed by atoms with van der Waals surface area (Å²) >= 11 is 6.05. The minimum Gasteiger partial charge on any atom is -0.454 e. The molecule has 0 spiro atoms. The molecule has 24 heavy (non-hydrogen) atoms. The zero-order valence-electron chi connectivity index (χ0n) is 12.5. The van der Waals surface area contributed by atoms with Gasteiger partial charge in [-0.05, 0) is 43.4 Å². The number of fused-ring (bicyclic) bond motifs is 1. The summed E-state index contributed by atoms with van der Waals surface area (Å²) in [4.78, 5) is 12.4. The van der Waals surface area contributed by atoms with Gasteiger partial charge >= 0.3 is 0 Å². The van der Waals surface area contributed by atoms with Crippen molar-refractivity contribution in [2.75, 3.05) is 19.2 Å². The van der Waals surface area contributed by atoms with Gasteiger partial charge in [-0.1, -0.05) is 11.6 Å². The minimum atomic E-state index is -3.52. The van der Waals surface area contributed by atoms with Gasteiger partial charge in [0.15, 0.2) is 11.5 Å². The molecular formula is C15H13ClN2O5S. The molecule has 9 heteroatoms. The quantitative estimate of drug-likeness (QED) is 0.863. The second-order valence-corrected chi connectivity index (χ2v) is 7.17. The van der Waals surface area contributed by atoms with Crippen LogP contribution in [0.25, 0.3) is 0 Å². The predicted octanol–water partition coefficient (Wildman–Crippen LogP) is 2.23. The van der Waals surface area contributed by atoms with Crippen LogP contribution in [0.15, 0.2) is 41.3 Å². The molecule has 0 saturated carbocycles. The number of halogens is 1. The summed E-state index contributed by atoms with van der Waals surface area (Å²) in [5, 5.41) is 2.95. The van der Waals surface area contributed by atoms with E-state index in [1.54, 1.807) is 0 Å². The molecule has 7 nitrogen and oxygen atoms in total. The average molecular weight is 369 g/mol. The standard InChI is InChI=1S/C15H13ClN2O5S/c1-17-24(20,21)11-4-2-10(3-5-11)18-15(19)9-6-12(16)14-13(7-9)22-8-23-14/h2-7,17H,8H2,1H3,(H,18,19). The number of ether oxygens (including phenoxy) is 2. The Labute approximate surface area is 143 Å². The van der Waals surface area contributed by atoms with E-state index in [1.807, 2.05) is 0 Å². The highest BCUT2D eigenvalue weighted by Gasteiger charge is 2.21. The highest BCUT2D eigenvalue weighted by molar-refractivity contribution is 7.89. The summed E-state index contributed by atoms with van der Waals surface area (Å²) in [5.41, 5.74) is 0.750. The molecule has 2 N–H and O–H groups in total. The van der Waals surface area contributed by atoms with Crippen LogP contribution in [0.2, 0.25) is 5.02 Å². The van der Waals surface area contributed by atoms with Gasteiger partial charge in [0.2, 0.25) is 16.8 Å². The lowest BCUT2D eigenvalue weighted by molar-refractivity contribution is 0.102. The zero-order chi connectivity index (χ0) is 17.3. The summed E-state index contributed by atoms with van der Waals surface area (Å²) in [6.45, 7) is 0.0571. The smallest absolute Gasteiger partial charge is 0.255 e. The third-order valence-corrected chi connectivity index (χ3v) is 5.09. The third-order valence-electron chi connectivity index (χ3n) is 3.38. The second kappa shape index (κ2) is 6.31. The van der Waals surface area contributed by atoms with Gasteiger partial charge in [-0.15, -0.1) is 0 Å². The van der Waals surface area contributed by atoms with Crippen molar-refractivity contribution >= 4 is 33.2 Å². The van der Waals surface area contributed by atoms with Gasteiger partial charge in [0, 0.05) is 11.3 Å². The van der Waals surface area contributed by atoms with Crippen LogP contribution in [0.4, 0.5) is 5.69 Å². The molecule has 2 aromatic rings. The van der Waals surface area contributed by atoms with E-state index in [0.29, 0.717) is 22.7 Å². The third kappa shape index (κ3) is 3.16. The van der Waals surface area contributed by atoms with E-state index in [4.69, 9.17) is 21.1 Å². The Morgan fingerprint density at radius 3 is 2.54 bits per heavy atom. The van der Waals surface area contributed by atoms with Gasteiger partial charge in [-0.3, -0.25) is 4.79 Å². The molecule has 126 valence electrons. The van der Waals surface area contributed by atoms with Gasteiger partial charge in [0.1, 0.15) is 0 Å². The first-order valence-electron chi connectivity index (χ1n) is 6.85. The molecule has 1 heterocycles. The number of benzene rings is 2. The van der Waals surface area contributed by atoms with Gasteiger partial charge < -0.3 is 14.8 Å². The normalized spacial score (nSPS) is 12.9. The van der Waals surface area contributed by atoms with Gasteiger partial charge in [-0.2, -0.15) is 0 Å². The maximum atomic E-state index is 12.3. The average Bonchev–Trinajstić information content (AvgIpc) is 3.04. The molecule has 0 bridgehead atoms. The van der Waals surface area contributed by atoms with Crippen LogP contribution in [0.1, 0.15) is 10.4 Å². The molecule has 1 aliphatic rings. The van der Waals surface area contributed by atoms with E-state index in [1.165, 1.54) is 43.4 Å². The Balaban J connectivity index is 1.79. The summed E-state index contributed by atoms with van der Waals surface area (Å²) in [6.07, 6.45) is 0. The predicted molar refractivity (Wildman–Crippen MR) is 88.2 cm³/mol. The highest BCUT2D eigenvalue weighted by atomic mass is 35.5. The molecule has 1 amide bonds. The van der Waals surface area contributed by atoms with Gasteiger partial charge in [0.25, 0.3) is 5.91 Å². The Hall–Kier alpha value is -2.29. The monoisotopic (exact) mass is 368 g/mol. The van der Waals surface area contributed by atoms with Crippen LogP contribution < -0.4 is 19.5 Å². The van der Waals surface area contributed by atoms with Crippen LogP contribution in [0.5, 0.6) is 11.5 Å². The number of hydrogen-bond donors (Lipinski definition) is 2. The van der Waals surface area contributed by atoms with Crippen molar-refractivity contribution in [2.24, 2.45) is 0 Å². The molecular weight excluding hydrogens is 356 g/mol. The summed E-state index contributed by atoms with van der Waals surface area (Å²) in [6, 6.07) is 8.79. The van der Waals surface area contributed by atoms with Crippen molar-refractivity contribution in [1.82, 2.24) is 4.72 Å². The first-order chi connectivity index (χ1) is 11.4. The highest BCUT2D eigenvalue weighted by Crippen LogP contribution is 2.39. The van der Waals surface area contributed by atoms with Crippen molar-refractivity contribution in [3.63, 3.8) is 0 Å². The topological polar surface area (TPSA) is 93.7 Å². The minimum absolute atomic E-state index is 0.0571. The van der Waals surface area contributed by atoms with Crippen LogP contribution in [-0.2, 0) is 10.0 Å². The van der Waals surface area contributed by atoms with E-state index in [9.17, 15) is 13.2 Å². The van der Waals surface area contributed by atoms with Crippen molar-refractivity contribution in [1.29, 1.82) is 0 Å². The maximum absolute atomic E-state index is 12.3. The SMILES string of the molecule is CNS(=O)(=O)c1ccc(NC(=O)c2cc(Cl)c3c(c2)OCO3)cc1. The molecule has 1 aliphatic heterocycles. The molecule has 3 rings (SSSR count). The Morgan fingerprint density at radius 1 is 1.17 bits per heavy atom. The molecule has 0 radical (unpaired) electrons. The Bertz CT molecular complexity index is 897. The number of carbonyl (C=O) groups excluding carboxylic acids is 1. The fourth-order valence-electron chi connectivity index (χ4n) is 2.14. The Morgan fingerprint density at radius 2 is 1.88 bits per heavy atom. The maximum Gasteiger partial charge on any atom is 0.255 e. The Kier molecular flexibility index (Phi) is 4.35. The molecule has 0 aromatic heterocycles. The first-order valence-corrected chi connectivity index (χ1v) is 8.71. The van der Waals surface area contributed by atoms with Crippen molar-refractivity contribution in [3.8, 4) is 11.5 Å². The zero-order valence-corrected chi connectivity index (χ0v) is 14.1. The van der Waals surface area contributed by atoms with Gasteiger partial charge in [0.05, 0.1) is 9.92 Å². The number of nitrogens with one attached hydrogen (secondary N) is 2. The van der Waals surface area contributed by atoms with Crippen molar-refractivity contribution in [2.45, 2.75) is 4.90 Å². The molecule has 0 atom stereocenters. The summed E-state index contributed by atoms with van der Waals surface area (Å²) in [5.74, 6) is 0.414. The number of hydrogen-bond acceptors (Lipinski definition) is 5. The molecule has 0 fully saturated rings. The molecule has 2 aromatic carbocycles. The van der Waals surface area contributed by atoms with Crippen LogP contribution in [0.3, 0.4) is 0 Å². The van der Waals surface area contributed by atoms with Gasteiger partial charge in [-0.25, -0.2) is 13.1 Å². The number of rotatable bonds is 4. The molecule has 0 aliphatic carbocycles. The van der Waals surface area contributed by atoms with E-state index in [2.05, 4.69) is 10.0 Å². The fourth-order valence-corrected chi connectivity index (χ4v) is 3.13. The van der Waals surface area contributed by atoms with E-state index in [0.717, 1.165) is 0 Å². The lowest BCUT2D eigenvalue weighted by atomic mass is 10.2. The number of amides is 1. The lowest BCUT2D eigenvalue weighted by Gasteiger charge is -2.08. The summed E-state index contributed by atoms with van der Waals surface area (Å²) < 4.78 is 36.0. The number of anilines is 1. The van der Waals surface area contributed by atoms with E-state index >= 15 is 0 Å². The van der Waals surface area contributed by atoms with Crippen molar-refractivity contribution < 1.29 is 22.7 Å². The fraction of sp³-hybridized carbons (Fsp3) is 0.133. The van der Waals surface area contributed by atoms with Crippen LogP contribution in [-0.4, -0.2) is 28.2 Å². The summed E-state index contributed by atoms with van der Waals surface area (Å²) in [7, 11) is -2.19. The molecule has 0 unspecified atom stereocenters. The van der Waals surface area contributed by atoms with Crippen molar-refractivity contribution in [3.05, 3.63) is 47.0 Å². The van der Waals surface area contributed by atoms with E-state index in [-0.39, 0.29) is 16.7 Å². The van der Waals surface area contributed by atoms with E-state index < -0.39 is 15.9 Å². The van der Waals surface area contributed by atoms with Crippen LogP contribution in [0, 0.1) is 0 Å².